The number of amidine groups is 1. The number of amides is 2. The molecule has 1 aliphatic rings. The van der Waals surface area contributed by atoms with E-state index in [0.717, 1.165) is 0 Å². The molecule has 1 saturated heterocycles. The number of carbonyl (C=O) groups excluding carboxylic acids is 2. The van der Waals surface area contributed by atoms with Gasteiger partial charge in [-0.25, -0.2) is 9.79 Å². The van der Waals surface area contributed by atoms with Gasteiger partial charge in [-0.1, -0.05) is 30.0 Å². The monoisotopic (exact) mass is 427 g/mol. The molecule has 1 atom stereocenters. The van der Waals surface area contributed by atoms with Crippen molar-refractivity contribution in [2.75, 3.05) is 19.0 Å². The molecule has 1 fully saturated rings. The van der Waals surface area contributed by atoms with Gasteiger partial charge in [0.15, 0.2) is 5.17 Å². The molecule has 30 heavy (non-hydrogen) atoms. The van der Waals surface area contributed by atoms with Crippen molar-refractivity contribution >= 4 is 46.1 Å². The summed E-state index contributed by atoms with van der Waals surface area (Å²) in [6.07, 6.45) is 0.0217. The second-order valence-electron chi connectivity index (χ2n) is 6.39. The van der Waals surface area contributed by atoms with Crippen LogP contribution in [0.3, 0.4) is 0 Å². The Morgan fingerprint density at radius 3 is 2.73 bits per heavy atom. The Balaban J connectivity index is 1.84. The Kier molecular flexibility index (Phi) is 6.73. The maximum Gasteiger partial charge on any atom is 0.335 e. The summed E-state index contributed by atoms with van der Waals surface area (Å²) >= 11 is 1.19. The number of carboxylic acids is 1. The molecule has 0 spiro atoms. The van der Waals surface area contributed by atoms with Crippen molar-refractivity contribution in [1.29, 1.82) is 0 Å². The van der Waals surface area contributed by atoms with Crippen LogP contribution >= 0.6 is 11.8 Å². The number of nitrogens with zero attached hydrogens (tertiary/aromatic N) is 2. The summed E-state index contributed by atoms with van der Waals surface area (Å²) < 4.78 is 5.32. The van der Waals surface area contributed by atoms with Gasteiger partial charge in [0.1, 0.15) is 16.7 Å². The first kappa shape index (κ1) is 21.4. The normalized spacial score (nSPS) is 17.7. The molecule has 2 N–H and O–H groups in total. The number of rotatable bonds is 6. The lowest BCUT2D eigenvalue weighted by molar-refractivity contribution is -0.129. The standard InChI is InChI=1S/C21H21N3O5S/c1-3-24-18(25)12-17(19(26)22-14-8-6-7-13(11-14)20(27)28)30-21(24)23-15-9-4-5-10-16(15)29-2/h4-11,17H,3,12H2,1-2H3,(H,22,26)(H,27,28). The summed E-state index contributed by atoms with van der Waals surface area (Å²) in [7, 11) is 1.54. The lowest BCUT2D eigenvalue weighted by atomic mass is 10.2. The molecule has 0 radical (unpaired) electrons. The third-order valence-electron chi connectivity index (χ3n) is 4.43. The smallest absolute Gasteiger partial charge is 0.335 e. The molecule has 2 aromatic carbocycles. The van der Waals surface area contributed by atoms with E-state index < -0.39 is 11.2 Å². The number of carboxylic acid groups (broad SMARTS) is 1. The van der Waals surface area contributed by atoms with Crippen molar-refractivity contribution < 1.29 is 24.2 Å². The van der Waals surface area contributed by atoms with Gasteiger partial charge in [-0.3, -0.25) is 14.5 Å². The van der Waals surface area contributed by atoms with E-state index >= 15 is 0 Å². The van der Waals surface area contributed by atoms with Crippen LogP contribution in [0.2, 0.25) is 0 Å². The number of ether oxygens (including phenoxy) is 1. The predicted molar refractivity (Wildman–Crippen MR) is 116 cm³/mol. The van der Waals surface area contributed by atoms with Crippen molar-refractivity contribution in [3.8, 4) is 5.75 Å². The van der Waals surface area contributed by atoms with E-state index in [1.807, 2.05) is 19.1 Å². The maximum atomic E-state index is 12.8. The van der Waals surface area contributed by atoms with Crippen molar-refractivity contribution in [1.82, 2.24) is 4.90 Å². The second-order valence-corrected chi connectivity index (χ2v) is 7.56. The Hall–Kier alpha value is -3.33. The number of methoxy groups -OCH3 is 1. The zero-order valence-corrected chi connectivity index (χ0v) is 17.3. The van der Waals surface area contributed by atoms with Gasteiger partial charge in [0.05, 0.1) is 12.7 Å². The van der Waals surface area contributed by atoms with Crippen LogP contribution in [-0.4, -0.2) is 51.9 Å². The predicted octanol–water partition coefficient (Wildman–Crippen LogP) is 3.37. The molecule has 1 heterocycles. The first-order valence-electron chi connectivity index (χ1n) is 9.26. The van der Waals surface area contributed by atoms with Gasteiger partial charge in [-0.2, -0.15) is 0 Å². The molecule has 0 aromatic heterocycles. The Labute approximate surface area is 177 Å². The van der Waals surface area contributed by atoms with Gasteiger partial charge in [0.25, 0.3) is 0 Å². The first-order chi connectivity index (χ1) is 14.4. The number of thioether (sulfide) groups is 1. The van der Waals surface area contributed by atoms with Crippen LogP contribution in [0.4, 0.5) is 11.4 Å². The zero-order valence-electron chi connectivity index (χ0n) is 16.5. The Morgan fingerprint density at radius 1 is 1.27 bits per heavy atom. The number of aliphatic imine (C=N–C) groups is 1. The van der Waals surface area contributed by atoms with Crippen molar-refractivity contribution in [3.63, 3.8) is 0 Å². The third-order valence-corrected chi connectivity index (χ3v) is 5.61. The van der Waals surface area contributed by atoms with Crippen molar-refractivity contribution in [3.05, 3.63) is 54.1 Å². The fourth-order valence-electron chi connectivity index (χ4n) is 2.93. The molecule has 2 aromatic rings. The lowest BCUT2D eigenvalue weighted by Gasteiger charge is -2.31. The van der Waals surface area contributed by atoms with E-state index in [1.54, 1.807) is 24.3 Å². The summed E-state index contributed by atoms with van der Waals surface area (Å²) in [6.45, 7) is 2.27. The van der Waals surface area contributed by atoms with Gasteiger partial charge in [-0.05, 0) is 37.3 Å². The Bertz CT molecular complexity index is 1010. The fourth-order valence-corrected chi connectivity index (χ4v) is 4.09. The van der Waals surface area contributed by atoms with Crippen LogP contribution in [0.25, 0.3) is 0 Å². The SMILES string of the molecule is CCN1C(=O)CC(C(=O)Nc2cccc(C(=O)O)c2)SC1=Nc1ccccc1OC. The van der Waals surface area contributed by atoms with Gasteiger partial charge in [-0.15, -0.1) is 0 Å². The number of para-hydroxylation sites is 2. The lowest BCUT2D eigenvalue weighted by Crippen LogP contribution is -2.45. The quantitative estimate of drug-likeness (QED) is 0.732. The van der Waals surface area contributed by atoms with Crippen LogP contribution in [0, 0.1) is 0 Å². The molecule has 9 heteroatoms. The summed E-state index contributed by atoms with van der Waals surface area (Å²) in [5.74, 6) is -1.12. The molecule has 2 amide bonds. The van der Waals surface area contributed by atoms with E-state index in [-0.39, 0.29) is 23.8 Å². The van der Waals surface area contributed by atoms with Gasteiger partial charge < -0.3 is 15.2 Å². The van der Waals surface area contributed by atoms with E-state index in [0.29, 0.717) is 28.8 Å². The fraction of sp³-hybridized carbons (Fsp3) is 0.238. The number of anilines is 1. The highest BCUT2D eigenvalue weighted by Crippen LogP contribution is 2.33. The second kappa shape index (κ2) is 9.45. The van der Waals surface area contributed by atoms with Crippen LogP contribution in [-0.2, 0) is 9.59 Å². The average molecular weight is 427 g/mol. The maximum absolute atomic E-state index is 12.8. The zero-order chi connectivity index (χ0) is 21.7. The van der Waals surface area contributed by atoms with Crippen molar-refractivity contribution in [2.24, 2.45) is 4.99 Å². The largest absolute Gasteiger partial charge is 0.494 e. The summed E-state index contributed by atoms with van der Waals surface area (Å²) in [6, 6.07) is 13.1. The molecule has 3 rings (SSSR count). The number of aromatic carboxylic acids is 1. The minimum Gasteiger partial charge on any atom is -0.494 e. The molecule has 156 valence electrons. The van der Waals surface area contributed by atoms with Crippen LogP contribution in [0.15, 0.2) is 53.5 Å². The molecule has 1 aliphatic heterocycles. The average Bonchev–Trinajstić information content (AvgIpc) is 2.74. The number of carbonyl (C=O) groups is 3. The number of benzene rings is 2. The van der Waals surface area contributed by atoms with Gasteiger partial charge in [0.2, 0.25) is 11.8 Å². The molecule has 0 bridgehead atoms. The molecular formula is C21H21N3O5S. The Morgan fingerprint density at radius 2 is 2.03 bits per heavy atom. The summed E-state index contributed by atoms with van der Waals surface area (Å²) in [5, 5.41) is 11.5. The minimum absolute atomic E-state index is 0.0217. The van der Waals surface area contributed by atoms with Crippen molar-refractivity contribution in [2.45, 2.75) is 18.6 Å². The molecule has 0 aliphatic carbocycles. The van der Waals surface area contributed by atoms with Gasteiger partial charge in [0, 0.05) is 18.7 Å². The van der Waals surface area contributed by atoms with Crippen LogP contribution < -0.4 is 10.1 Å². The highest BCUT2D eigenvalue weighted by atomic mass is 32.2. The van der Waals surface area contributed by atoms with E-state index in [2.05, 4.69) is 10.3 Å². The van der Waals surface area contributed by atoms with E-state index in [9.17, 15) is 14.4 Å². The molecular weight excluding hydrogens is 406 g/mol. The highest BCUT2D eigenvalue weighted by Gasteiger charge is 2.35. The van der Waals surface area contributed by atoms with Gasteiger partial charge >= 0.3 is 5.97 Å². The number of hydrogen-bond acceptors (Lipinski definition) is 6. The third kappa shape index (κ3) is 4.80. The highest BCUT2D eigenvalue weighted by molar-refractivity contribution is 8.15. The number of hydrogen-bond donors (Lipinski definition) is 2. The molecule has 8 nitrogen and oxygen atoms in total. The molecule has 1 unspecified atom stereocenters. The number of nitrogens with one attached hydrogen (secondary N) is 1. The summed E-state index contributed by atoms with van der Waals surface area (Å²) in [4.78, 5) is 42.6. The van der Waals surface area contributed by atoms with E-state index in [1.165, 1.54) is 35.9 Å². The van der Waals surface area contributed by atoms with Crippen LogP contribution in [0.1, 0.15) is 23.7 Å². The molecule has 0 saturated carbocycles. The topological polar surface area (TPSA) is 108 Å². The minimum atomic E-state index is -1.09. The first-order valence-corrected chi connectivity index (χ1v) is 10.1. The summed E-state index contributed by atoms with van der Waals surface area (Å²) in [5.41, 5.74) is 0.980. The van der Waals surface area contributed by atoms with E-state index in [4.69, 9.17) is 9.84 Å². The van der Waals surface area contributed by atoms with Crippen LogP contribution in [0.5, 0.6) is 5.75 Å².